The largest absolute Gasteiger partial charge is 0.497 e. The summed E-state index contributed by atoms with van der Waals surface area (Å²) in [4.78, 5) is 2.26. The molecule has 2 aromatic rings. The van der Waals surface area contributed by atoms with Gasteiger partial charge in [0.25, 0.3) is 11.6 Å². The van der Waals surface area contributed by atoms with Gasteiger partial charge < -0.3 is 9.84 Å². The third kappa shape index (κ3) is 2.38. The van der Waals surface area contributed by atoms with Crippen LogP contribution in [0.25, 0.3) is 0 Å². The van der Waals surface area contributed by atoms with Crippen molar-refractivity contribution in [2.24, 2.45) is 0 Å². The van der Waals surface area contributed by atoms with Crippen molar-refractivity contribution in [2.75, 3.05) is 25.1 Å². The maximum Gasteiger partial charge on any atom is 0.271 e. The number of nitrogens with zero attached hydrogens (tertiary/aromatic N) is 2. The Bertz CT molecular complexity index is 755. The van der Waals surface area contributed by atoms with Crippen LogP contribution in [-0.4, -0.2) is 35.7 Å². The Morgan fingerprint density at radius 3 is 2.50 bits per heavy atom. The molecule has 0 aliphatic carbocycles. The molecule has 0 radical (unpaired) electrons. The molecule has 2 aliphatic rings. The quantitative estimate of drug-likeness (QED) is 0.882. The van der Waals surface area contributed by atoms with E-state index in [9.17, 15) is 5.11 Å². The Morgan fingerprint density at radius 2 is 1.79 bits per heavy atom. The first-order valence-electron chi connectivity index (χ1n) is 8.55. The molecule has 124 valence electrons. The van der Waals surface area contributed by atoms with E-state index in [1.165, 1.54) is 12.3 Å². The topological polar surface area (TPSA) is 35.7 Å². The third-order valence-electron chi connectivity index (χ3n) is 5.10. The zero-order valence-electron chi connectivity index (χ0n) is 14.0. The zero-order chi connectivity index (χ0) is 16.6. The summed E-state index contributed by atoms with van der Waals surface area (Å²) in [6, 6.07) is 18.1. The number of β-amino-alcohol motifs (C(OH)–C–C–N with tert-alkyl or cyclic N) is 1. The normalized spacial score (nSPS) is 23.3. The Morgan fingerprint density at radius 1 is 1.04 bits per heavy atom. The van der Waals surface area contributed by atoms with E-state index < -0.39 is 5.72 Å². The van der Waals surface area contributed by atoms with E-state index in [0.29, 0.717) is 6.54 Å². The molecule has 4 nitrogen and oxygen atoms in total. The molecule has 1 atom stereocenters. The first-order valence-corrected chi connectivity index (χ1v) is 8.55. The second-order valence-electron chi connectivity index (χ2n) is 6.49. The van der Waals surface area contributed by atoms with Crippen LogP contribution in [0.15, 0.2) is 54.6 Å². The van der Waals surface area contributed by atoms with Gasteiger partial charge in [-0.3, -0.25) is 0 Å². The molecule has 0 fully saturated rings. The van der Waals surface area contributed by atoms with Crippen molar-refractivity contribution in [3.63, 3.8) is 0 Å². The lowest BCUT2D eigenvalue weighted by atomic mass is 10.0. The molecule has 2 aromatic carbocycles. The molecule has 24 heavy (non-hydrogen) atoms. The number of aliphatic hydroxyl groups is 1. The molecule has 0 spiro atoms. The van der Waals surface area contributed by atoms with Crippen LogP contribution in [0, 0.1) is 0 Å². The standard InChI is InChI=1S/C20H23N2O2/c1-24-18-12-10-17(11-13-18)21-15-20(23,16-7-3-2-4-8-16)22-14-6-5-9-19(21)22/h2-4,7-8,10-13,23H,5-6,9,14-15H2,1H3/q+1/t20-/m0/s1. The Balaban J connectivity index is 1.76. The molecule has 0 saturated heterocycles. The van der Waals surface area contributed by atoms with Gasteiger partial charge in [-0.25, -0.2) is 9.48 Å². The summed E-state index contributed by atoms with van der Waals surface area (Å²) in [5.41, 5.74) is 1.10. The van der Waals surface area contributed by atoms with Gasteiger partial charge in [-0.15, -0.1) is 0 Å². The van der Waals surface area contributed by atoms with Crippen LogP contribution in [0.2, 0.25) is 0 Å². The van der Waals surface area contributed by atoms with Crippen LogP contribution in [0.3, 0.4) is 0 Å². The Labute approximate surface area is 142 Å². The molecule has 2 heterocycles. The number of hydrogen-bond donors (Lipinski definition) is 1. The predicted octanol–water partition coefficient (Wildman–Crippen LogP) is 2.96. The van der Waals surface area contributed by atoms with Crippen molar-refractivity contribution in [2.45, 2.75) is 25.0 Å². The summed E-state index contributed by atoms with van der Waals surface area (Å²) in [6.07, 6.45) is 3.29. The summed E-state index contributed by atoms with van der Waals surface area (Å²) in [5, 5.41) is 11.5. The third-order valence-corrected chi connectivity index (χ3v) is 5.10. The minimum atomic E-state index is -0.961. The number of amidine groups is 1. The summed E-state index contributed by atoms with van der Waals surface area (Å²) in [7, 11) is 1.68. The van der Waals surface area contributed by atoms with Crippen LogP contribution in [0.5, 0.6) is 5.75 Å². The number of anilines is 1. The first kappa shape index (κ1) is 15.2. The molecule has 2 aliphatic heterocycles. The number of ether oxygens (including phenoxy) is 1. The highest BCUT2D eigenvalue weighted by Crippen LogP contribution is 2.35. The van der Waals surface area contributed by atoms with Gasteiger partial charge in [0.15, 0.2) is 6.54 Å². The highest BCUT2D eigenvalue weighted by Gasteiger charge is 2.52. The number of hydrogen-bond acceptors (Lipinski definition) is 3. The summed E-state index contributed by atoms with van der Waals surface area (Å²) < 4.78 is 7.45. The molecule has 4 heteroatoms. The second kappa shape index (κ2) is 5.95. The van der Waals surface area contributed by atoms with Crippen LogP contribution in [0.4, 0.5) is 5.69 Å². The average Bonchev–Trinajstić information content (AvgIpc) is 2.97. The molecule has 0 saturated carbocycles. The fourth-order valence-electron chi connectivity index (χ4n) is 3.85. The van der Waals surface area contributed by atoms with E-state index in [1.807, 2.05) is 42.5 Å². The smallest absolute Gasteiger partial charge is 0.271 e. The number of benzene rings is 2. The van der Waals surface area contributed by atoms with Gasteiger partial charge in [-0.1, -0.05) is 30.3 Å². The molecular weight excluding hydrogens is 300 g/mol. The van der Waals surface area contributed by atoms with Crippen LogP contribution in [-0.2, 0) is 5.72 Å². The maximum absolute atomic E-state index is 11.5. The van der Waals surface area contributed by atoms with Crippen molar-refractivity contribution in [1.29, 1.82) is 0 Å². The number of rotatable bonds is 3. The maximum atomic E-state index is 11.5. The average molecular weight is 323 g/mol. The van der Waals surface area contributed by atoms with E-state index in [0.717, 1.165) is 36.4 Å². The molecule has 4 rings (SSSR count). The monoisotopic (exact) mass is 323 g/mol. The minimum Gasteiger partial charge on any atom is -0.497 e. The lowest BCUT2D eigenvalue weighted by Crippen LogP contribution is -2.41. The molecule has 1 N–H and O–H groups in total. The van der Waals surface area contributed by atoms with E-state index >= 15 is 0 Å². The zero-order valence-corrected chi connectivity index (χ0v) is 14.0. The van der Waals surface area contributed by atoms with Crippen LogP contribution >= 0.6 is 0 Å². The summed E-state index contributed by atoms with van der Waals surface area (Å²) in [6.45, 7) is 1.45. The SMILES string of the molecule is COc1ccc(N2C[C@](O)(c3ccccc3)[N+]3=C2CCCC3)cc1. The highest BCUT2D eigenvalue weighted by molar-refractivity contribution is 5.96. The van der Waals surface area contributed by atoms with E-state index in [2.05, 4.69) is 21.6 Å². The highest BCUT2D eigenvalue weighted by atomic mass is 16.5. The van der Waals surface area contributed by atoms with Crippen LogP contribution < -0.4 is 9.64 Å². The van der Waals surface area contributed by atoms with Crippen molar-refractivity contribution in [3.8, 4) is 5.75 Å². The Kier molecular flexibility index (Phi) is 3.77. The lowest BCUT2D eigenvalue weighted by Gasteiger charge is -2.24. The fraction of sp³-hybridized carbons (Fsp3) is 0.350. The van der Waals surface area contributed by atoms with Crippen LogP contribution in [0.1, 0.15) is 24.8 Å². The fourth-order valence-corrected chi connectivity index (χ4v) is 3.85. The van der Waals surface area contributed by atoms with Crippen molar-refractivity contribution in [3.05, 3.63) is 60.2 Å². The summed E-state index contributed by atoms with van der Waals surface area (Å²) >= 11 is 0. The minimum absolute atomic E-state index is 0.554. The summed E-state index contributed by atoms with van der Waals surface area (Å²) in [5.74, 6) is 2.07. The second-order valence-corrected chi connectivity index (χ2v) is 6.49. The van der Waals surface area contributed by atoms with Crippen molar-refractivity contribution in [1.82, 2.24) is 0 Å². The van der Waals surface area contributed by atoms with Gasteiger partial charge >= 0.3 is 0 Å². The van der Waals surface area contributed by atoms with Gasteiger partial charge in [0.05, 0.1) is 13.7 Å². The molecular formula is C20H23N2O2+. The van der Waals surface area contributed by atoms with E-state index in [4.69, 9.17) is 4.74 Å². The molecule has 0 aromatic heterocycles. The molecule has 0 bridgehead atoms. The van der Waals surface area contributed by atoms with Gasteiger partial charge in [-0.2, -0.15) is 0 Å². The van der Waals surface area contributed by atoms with Gasteiger partial charge in [0.2, 0.25) is 0 Å². The van der Waals surface area contributed by atoms with E-state index in [1.54, 1.807) is 7.11 Å². The van der Waals surface area contributed by atoms with Crippen molar-refractivity contribution >= 4 is 11.5 Å². The molecule has 0 amide bonds. The predicted molar refractivity (Wildman–Crippen MR) is 94.7 cm³/mol. The van der Waals surface area contributed by atoms with E-state index in [-0.39, 0.29) is 0 Å². The van der Waals surface area contributed by atoms with Crippen molar-refractivity contribution < 1.29 is 14.4 Å². The van der Waals surface area contributed by atoms with Gasteiger partial charge in [0, 0.05) is 12.0 Å². The van der Waals surface area contributed by atoms with Gasteiger partial charge in [0.1, 0.15) is 11.4 Å². The molecule has 0 unspecified atom stereocenters. The Hall–Kier alpha value is -2.33. The number of methoxy groups -OCH3 is 1. The lowest BCUT2D eigenvalue weighted by molar-refractivity contribution is -0.661. The first-order chi connectivity index (χ1) is 11.7. The van der Waals surface area contributed by atoms with Gasteiger partial charge in [-0.05, 0) is 37.1 Å².